The van der Waals surface area contributed by atoms with Gasteiger partial charge in [0.15, 0.2) is 11.0 Å². The lowest BCUT2D eigenvalue weighted by Crippen LogP contribution is -2.42. The molecule has 1 saturated heterocycles. The zero-order chi connectivity index (χ0) is 19.9. The first kappa shape index (κ1) is 19.8. The van der Waals surface area contributed by atoms with Crippen molar-refractivity contribution in [2.75, 3.05) is 18.0 Å². The Balaban J connectivity index is 1.64. The van der Waals surface area contributed by atoms with Crippen molar-refractivity contribution < 1.29 is 5.11 Å². The predicted molar refractivity (Wildman–Crippen MR) is 111 cm³/mol. The lowest BCUT2D eigenvalue weighted by molar-refractivity contribution is 0.170. The number of aryl methyl sites for hydroxylation is 1. The van der Waals surface area contributed by atoms with E-state index in [2.05, 4.69) is 27.0 Å². The van der Waals surface area contributed by atoms with Crippen molar-refractivity contribution in [1.82, 2.24) is 20.2 Å². The Kier molecular flexibility index (Phi) is 5.47. The highest BCUT2D eigenvalue weighted by Crippen LogP contribution is 2.53. The molecule has 4 rings (SSSR count). The molecule has 0 atom stereocenters. The molecule has 0 unspecified atom stereocenters. The second kappa shape index (κ2) is 7.73. The molecule has 1 aliphatic heterocycles. The monoisotopic (exact) mass is 421 g/mol. The van der Waals surface area contributed by atoms with Gasteiger partial charge in [0, 0.05) is 18.7 Å². The Bertz CT molecular complexity index is 879. The fourth-order valence-corrected chi connectivity index (χ4v) is 4.90. The van der Waals surface area contributed by atoms with Crippen LogP contribution in [-0.2, 0) is 6.61 Å². The Morgan fingerprint density at radius 2 is 1.93 bits per heavy atom. The van der Waals surface area contributed by atoms with Crippen molar-refractivity contribution in [3.05, 3.63) is 27.8 Å². The van der Waals surface area contributed by atoms with Crippen molar-refractivity contribution in [2.24, 2.45) is 11.3 Å². The van der Waals surface area contributed by atoms with Gasteiger partial charge in [0.1, 0.15) is 5.69 Å². The molecule has 8 heteroatoms. The molecule has 2 fully saturated rings. The van der Waals surface area contributed by atoms with E-state index in [0.29, 0.717) is 27.4 Å². The van der Waals surface area contributed by atoms with E-state index in [4.69, 9.17) is 28.2 Å². The van der Waals surface area contributed by atoms with Crippen LogP contribution in [0, 0.1) is 18.3 Å². The first-order valence-electron chi connectivity index (χ1n) is 9.89. The molecule has 0 spiro atoms. The molecule has 150 valence electrons. The standard InChI is InChI=1S/C20H25Cl2N5O/c1-3-20(13-4-5-13)6-8-27(9-7-20)19-15(11-28)25-17(12(2)24-19)14-10-23-26-18(22)16(14)21/h10,13,28H,3-9,11H2,1-2H3. The number of nitrogens with zero attached hydrogens (tertiary/aromatic N) is 5. The van der Waals surface area contributed by atoms with Gasteiger partial charge in [-0.15, -0.1) is 5.10 Å². The molecule has 1 saturated carbocycles. The smallest absolute Gasteiger partial charge is 0.170 e. The zero-order valence-corrected chi connectivity index (χ0v) is 17.8. The number of piperidine rings is 1. The summed E-state index contributed by atoms with van der Waals surface area (Å²) in [5.74, 6) is 1.67. The SMILES string of the molecule is CCC1(C2CC2)CCN(c2nc(C)c(-c3cnnc(Cl)c3Cl)nc2CO)CC1. The van der Waals surface area contributed by atoms with Gasteiger partial charge in [-0.2, -0.15) is 5.10 Å². The summed E-state index contributed by atoms with van der Waals surface area (Å²) in [6, 6.07) is 0. The van der Waals surface area contributed by atoms with Gasteiger partial charge in [-0.05, 0) is 43.9 Å². The van der Waals surface area contributed by atoms with Crippen LogP contribution in [0.5, 0.6) is 0 Å². The molecule has 0 radical (unpaired) electrons. The third kappa shape index (κ3) is 3.46. The molecule has 28 heavy (non-hydrogen) atoms. The van der Waals surface area contributed by atoms with Crippen LogP contribution < -0.4 is 4.90 Å². The first-order chi connectivity index (χ1) is 13.5. The molecule has 1 N–H and O–H groups in total. The third-order valence-electron chi connectivity index (χ3n) is 6.48. The molecule has 2 aromatic rings. The van der Waals surface area contributed by atoms with E-state index in [9.17, 15) is 5.11 Å². The predicted octanol–water partition coefficient (Wildman–Crippen LogP) is 4.45. The highest BCUT2D eigenvalue weighted by Gasteiger charge is 2.45. The molecular weight excluding hydrogens is 397 g/mol. The minimum absolute atomic E-state index is 0.127. The molecule has 2 aliphatic rings. The zero-order valence-electron chi connectivity index (χ0n) is 16.3. The summed E-state index contributed by atoms with van der Waals surface area (Å²) < 4.78 is 0. The van der Waals surface area contributed by atoms with E-state index in [0.717, 1.165) is 30.5 Å². The minimum atomic E-state index is -0.183. The summed E-state index contributed by atoms with van der Waals surface area (Å²) in [5, 5.41) is 18.0. The Morgan fingerprint density at radius 3 is 2.54 bits per heavy atom. The van der Waals surface area contributed by atoms with E-state index >= 15 is 0 Å². The Morgan fingerprint density at radius 1 is 1.21 bits per heavy atom. The largest absolute Gasteiger partial charge is 0.390 e. The number of aromatic nitrogens is 4. The molecule has 0 aromatic carbocycles. The maximum absolute atomic E-state index is 9.97. The summed E-state index contributed by atoms with van der Waals surface area (Å²) in [6.45, 7) is 5.94. The van der Waals surface area contributed by atoms with Crippen LogP contribution in [0.4, 0.5) is 5.82 Å². The highest BCUT2D eigenvalue weighted by atomic mass is 35.5. The van der Waals surface area contributed by atoms with Crippen molar-refractivity contribution >= 4 is 29.0 Å². The molecular formula is C20H25Cl2N5O. The molecule has 0 bridgehead atoms. The lowest BCUT2D eigenvalue weighted by atomic mass is 9.72. The summed E-state index contributed by atoms with van der Waals surface area (Å²) in [5.41, 5.74) is 2.93. The summed E-state index contributed by atoms with van der Waals surface area (Å²) in [4.78, 5) is 11.7. The average Bonchev–Trinajstić information content (AvgIpc) is 3.56. The Labute approximate surface area is 175 Å². The fraction of sp³-hybridized carbons (Fsp3) is 0.600. The van der Waals surface area contributed by atoms with Crippen LogP contribution in [-0.4, -0.2) is 38.4 Å². The topological polar surface area (TPSA) is 75.0 Å². The van der Waals surface area contributed by atoms with Gasteiger partial charge in [0.25, 0.3) is 0 Å². The number of halogens is 2. The van der Waals surface area contributed by atoms with Crippen LogP contribution in [0.2, 0.25) is 10.2 Å². The maximum Gasteiger partial charge on any atom is 0.170 e. The molecule has 3 heterocycles. The number of hydrogen-bond acceptors (Lipinski definition) is 6. The fourth-order valence-electron chi connectivity index (χ4n) is 4.58. The minimum Gasteiger partial charge on any atom is -0.390 e. The normalized spacial score (nSPS) is 19.1. The maximum atomic E-state index is 9.97. The van der Waals surface area contributed by atoms with Gasteiger partial charge in [0.05, 0.1) is 29.2 Å². The van der Waals surface area contributed by atoms with Crippen molar-refractivity contribution in [3.8, 4) is 11.3 Å². The number of hydrogen-bond donors (Lipinski definition) is 1. The van der Waals surface area contributed by atoms with Crippen LogP contribution in [0.3, 0.4) is 0 Å². The summed E-state index contributed by atoms with van der Waals surface area (Å²) in [6.07, 6.45) is 7.89. The van der Waals surface area contributed by atoms with E-state index in [1.54, 1.807) is 0 Å². The lowest BCUT2D eigenvalue weighted by Gasteiger charge is -2.42. The van der Waals surface area contributed by atoms with Crippen LogP contribution in [0.15, 0.2) is 6.20 Å². The molecule has 0 amide bonds. The van der Waals surface area contributed by atoms with Gasteiger partial charge < -0.3 is 10.0 Å². The van der Waals surface area contributed by atoms with Gasteiger partial charge in [-0.1, -0.05) is 36.5 Å². The third-order valence-corrected chi connectivity index (χ3v) is 7.23. The molecule has 1 aliphatic carbocycles. The number of aliphatic hydroxyl groups excluding tert-OH is 1. The number of anilines is 1. The first-order valence-corrected chi connectivity index (χ1v) is 10.6. The van der Waals surface area contributed by atoms with E-state index in [1.807, 2.05) is 6.92 Å². The van der Waals surface area contributed by atoms with Crippen molar-refractivity contribution in [3.63, 3.8) is 0 Å². The van der Waals surface area contributed by atoms with Gasteiger partial charge in [0.2, 0.25) is 0 Å². The van der Waals surface area contributed by atoms with Crippen molar-refractivity contribution in [1.29, 1.82) is 0 Å². The van der Waals surface area contributed by atoms with Crippen molar-refractivity contribution in [2.45, 2.75) is 52.6 Å². The quantitative estimate of drug-likeness (QED) is 0.768. The van der Waals surface area contributed by atoms with Crippen LogP contribution in [0.1, 0.15) is 50.4 Å². The molecule has 6 nitrogen and oxygen atoms in total. The van der Waals surface area contributed by atoms with Crippen LogP contribution >= 0.6 is 23.2 Å². The van der Waals surface area contributed by atoms with Crippen LogP contribution in [0.25, 0.3) is 11.3 Å². The molecule has 2 aromatic heterocycles. The van der Waals surface area contributed by atoms with Gasteiger partial charge >= 0.3 is 0 Å². The highest BCUT2D eigenvalue weighted by molar-refractivity contribution is 6.42. The number of aliphatic hydroxyl groups is 1. The average molecular weight is 422 g/mol. The van der Waals surface area contributed by atoms with E-state index < -0.39 is 0 Å². The van der Waals surface area contributed by atoms with E-state index in [-0.39, 0.29) is 11.8 Å². The van der Waals surface area contributed by atoms with Gasteiger partial charge in [-0.25, -0.2) is 9.97 Å². The summed E-state index contributed by atoms with van der Waals surface area (Å²) >= 11 is 12.3. The number of rotatable bonds is 5. The Hall–Kier alpha value is -1.50. The van der Waals surface area contributed by atoms with Gasteiger partial charge in [-0.3, -0.25) is 0 Å². The second-order valence-corrected chi connectivity index (χ2v) is 8.66. The summed E-state index contributed by atoms with van der Waals surface area (Å²) in [7, 11) is 0. The second-order valence-electron chi connectivity index (χ2n) is 7.93. The van der Waals surface area contributed by atoms with E-state index in [1.165, 1.54) is 38.3 Å².